The molecule has 0 aromatic heterocycles. The quantitative estimate of drug-likeness (QED) is 0.728. The fourth-order valence-corrected chi connectivity index (χ4v) is 3.46. The Morgan fingerprint density at radius 3 is 3.06 bits per heavy atom. The van der Waals surface area contributed by atoms with Gasteiger partial charge in [0.25, 0.3) is 0 Å². The molecule has 0 aliphatic carbocycles. The molecular weight excluding hydrogens is 216 g/mol. The number of nitrogens with one attached hydrogen (secondary N) is 1. The maximum absolute atomic E-state index is 12.4. The Morgan fingerprint density at radius 2 is 2.35 bits per heavy atom. The molecular formula is C13H22N2O2. The third kappa shape index (κ3) is 2.20. The molecule has 4 nitrogen and oxygen atoms in total. The lowest BCUT2D eigenvalue weighted by molar-refractivity contribution is -0.139. The van der Waals surface area contributed by atoms with Crippen LogP contribution in [0.15, 0.2) is 0 Å². The first-order chi connectivity index (χ1) is 8.29. The molecule has 3 aliphatic rings. The number of ether oxygens (including phenoxy) is 1. The molecule has 0 radical (unpaired) electrons. The standard InChI is InChI=1S/C13H22N2O2/c16-12(11-2-1-7-17-8-11)15-6-4-13(10-15)3-5-14-9-13/h11,14H,1-10H2. The molecule has 0 bridgehead atoms. The van der Waals surface area contributed by atoms with E-state index in [-0.39, 0.29) is 5.92 Å². The molecule has 3 heterocycles. The number of carbonyl (C=O) groups excluding carboxylic acids is 1. The van der Waals surface area contributed by atoms with Gasteiger partial charge >= 0.3 is 0 Å². The van der Waals surface area contributed by atoms with Crippen LogP contribution in [-0.2, 0) is 9.53 Å². The molecule has 96 valence electrons. The van der Waals surface area contributed by atoms with E-state index in [1.54, 1.807) is 0 Å². The fraction of sp³-hybridized carbons (Fsp3) is 0.923. The average molecular weight is 238 g/mol. The zero-order chi connectivity index (χ0) is 11.7. The van der Waals surface area contributed by atoms with Gasteiger partial charge in [0, 0.05) is 31.7 Å². The van der Waals surface area contributed by atoms with E-state index < -0.39 is 0 Å². The number of likely N-dealkylation sites (tertiary alicyclic amines) is 1. The van der Waals surface area contributed by atoms with Gasteiger partial charge in [-0.3, -0.25) is 4.79 Å². The summed E-state index contributed by atoms with van der Waals surface area (Å²) in [7, 11) is 0. The van der Waals surface area contributed by atoms with E-state index in [0.717, 1.165) is 45.6 Å². The average Bonchev–Trinajstić information content (AvgIpc) is 3.01. The summed E-state index contributed by atoms with van der Waals surface area (Å²) in [5.74, 6) is 0.474. The van der Waals surface area contributed by atoms with Crippen LogP contribution >= 0.6 is 0 Å². The highest BCUT2D eigenvalue weighted by atomic mass is 16.5. The highest BCUT2D eigenvalue weighted by molar-refractivity contribution is 5.79. The van der Waals surface area contributed by atoms with Gasteiger partial charge in [0.2, 0.25) is 5.91 Å². The van der Waals surface area contributed by atoms with Crippen LogP contribution in [0.25, 0.3) is 0 Å². The summed E-state index contributed by atoms with van der Waals surface area (Å²) in [6.07, 6.45) is 4.47. The molecule has 1 spiro atoms. The summed E-state index contributed by atoms with van der Waals surface area (Å²) in [6, 6.07) is 0. The summed E-state index contributed by atoms with van der Waals surface area (Å²) < 4.78 is 5.42. The van der Waals surface area contributed by atoms with E-state index in [9.17, 15) is 4.79 Å². The summed E-state index contributed by atoms with van der Waals surface area (Å²) in [5, 5.41) is 3.43. The van der Waals surface area contributed by atoms with E-state index in [1.165, 1.54) is 12.8 Å². The second kappa shape index (κ2) is 4.58. The largest absolute Gasteiger partial charge is 0.381 e. The number of nitrogens with zero attached hydrogens (tertiary/aromatic N) is 1. The Labute approximate surface area is 103 Å². The van der Waals surface area contributed by atoms with Crippen LogP contribution in [0.5, 0.6) is 0 Å². The molecule has 4 heteroatoms. The second-order valence-electron chi connectivity index (χ2n) is 5.85. The minimum atomic E-state index is 0.133. The van der Waals surface area contributed by atoms with Crippen LogP contribution in [0.1, 0.15) is 25.7 Å². The molecule has 3 fully saturated rings. The monoisotopic (exact) mass is 238 g/mol. The summed E-state index contributed by atoms with van der Waals surface area (Å²) in [5.41, 5.74) is 0.394. The van der Waals surface area contributed by atoms with Crippen LogP contribution in [0, 0.1) is 11.3 Å². The van der Waals surface area contributed by atoms with E-state index >= 15 is 0 Å². The molecule has 3 aliphatic heterocycles. The van der Waals surface area contributed by atoms with Crippen LogP contribution < -0.4 is 5.32 Å². The normalized spacial score (nSPS) is 37.9. The van der Waals surface area contributed by atoms with Crippen molar-refractivity contribution in [2.75, 3.05) is 39.4 Å². The lowest BCUT2D eigenvalue weighted by atomic mass is 9.86. The zero-order valence-electron chi connectivity index (χ0n) is 10.4. The minimum Gasteiger partial charge on any atom is -0.381 e. The molecule has 17 heavy (non-hydrogen) atoms. The van der Waals surface area contributed by atoms with Gasteiger partial charge in [0.15, 0.2) is 0 Å². The van der Waals surface area contributed by atoms with Gasteiger partial charge in [-0.1, -0.05) is 0 Å². The summed E-state index contributed by atoms with van der Waals surface area (Å²) in [4.78, 5) is 14.5. The maximum atomic E-state index is 12.4. The van der Waals surface area contributed by atoms with Gasteiger partial charge in [0.05, 0.1) is 12.5 Å². The Bertz CT molecular complexity index is 294. The van der Waals surface area contributed by atoms with Crippen molar-refractivity contribution in [1.82, 2.24) is 10.2 Å². The highest BCUT2D eigenvalue weighted by Crippen LogP contribution is 2.36. The first kappa shape index (κ1) is 11.5. The highest BCUT2D eigenvalue weighted by Gasteiger charge is 2.43. The van der Waals surface area contributed by atoms with E-state index in [2.05, 4.69) is 10.2 Å². The third-order valence-electron chi connectivity index (χ3n) is 4.59. The molecule has 2 atom stereocenters. The molecule has 1 N–H and O–H groups in total. The smallest absolute Gasteiger partial charge is 0.228 e. The molecule has 0 aromatic carbocycles. The minimum absolute atomic E-state index is 0.133. The first-order valence-corrected chi connectivity index (χ1v) is 6.86. The van der Waals surface area contributed by atoms with Crippen molar-refractivity contribution in [2.45, 2.75) is 25.7 Å². The zero-order valence-corrected chi connectivity index (χ0v) is 10.4. The Balaban J connectivity index is 1.59. The number of hydrogen-bond acceptors (Lipinski definition) is 3. The van der Waals surface area contributed by atoms with E-state index in [1.807, 2.05) is 0 Å². The van der Waals surface area contributed by atoms with Gasteiger partial charge < -0.3 is 15.0 Å². The number of rotatable bonds is 1. The van der Waals surface area contributed by atoms with Crippen LogP contribution in [0.2, 0.25) is 0 Å². The molecule has 0 saturated carbocycles. The Morgan fingerprint density at radius 1 is 1.41 bits per heavy atom. The van der Waals surface area contributed by atoms with Crippen molar-refractivity contribution in [1.29, 1.82) is 0 Å². The summed E-state index contributed by atoms with van der Waals surface area (Å²) in [6.45, 7) is 5.61. The lowest BCUT2D eigenvalue weighted by Gasteiger charge is -2.28. The third-order valence-corrected chi connectivity index (χ3v) is 4.59. The predicted octanol–water partition coefficient (Wildman–Crippen LogP) is 0.625. The molecule has 3 rings (SSSR count). The van der Waals surface area contributed by atoms with Crippen LogP contribution in [-0.4, -0.2) is 50.2 Å². The number of carbonyl (C=O) groups is 1. The van der Waals surface area contributed by atoms with Gasteiger partial charge in [-0.05, 0) is 32.2 Å². The number of amides is 1. The summed E-state index contributed by atoms with van der Waals surface area (Å²) >= 11 is 0. The Kier molecular flexibility index (Phi) is 3.09. The van der Waals surface area contributed by atoms with E-state index in [4.69, 9.17) is 4.74 Å². The van der Waals surface area contributed by atoms with Crippen LogP contribution in [0.3, 0.4) is 0 Å². The Hall–Kier alpha value is -0.610. The first-order valence-electron chi connectivity index (χ1n) is 6.86. The van der Waals surface area contributed by atoms with Gasteiger partial charge in [0.1, 0.15) is 0 Å². The van der Waals surface area contributed by atoms with Crippen molar-refractivity contribution < 1.29 is 9.53 Å². The molecule has 3 saturated heterocycles. The van der Waals surface area contributed by atoms with Crippen molar-refractivity contribution in [3.05, 3.63) is 0 Å². The second-order valence-corrected chi connectivity index (χ2v) is 5.85. The maximum Gasteiger partial charge on any atom is 0.228 e. The number of hydrogen-bond donors (Lipinski definition) is 1. The molecule has 1 amide bonds. The van der Waals surface area contributed by atoms with Crippen molar-refractivity contribution in [3.63, 3.8) is 0 Å². The fourth-order valence-electron chi connectivity index (χ4n) is 3.46. The van der Waals surface area contributed by atoms with Crippen molar-refractivity contribution in [3.8, 4) is 0 Å². The lowest BCUT2D eigenvalue weighted by Crippen LogP contribution is -2.39. The van der Waals surface area contributed by atoms with Gasteiger partial charge in [-0.25, -0.2) is 0 Å². The topological polar surface area (TPSA) is 41.6 Å². The van der Waals surface area contributed by atoms with Crippen molar-refractivity contribution >= 4 is 5.91 Å². The van der Waals surface area contributed by atoms with Gasteiger partial charge in [-0.15, -0.1) is 0 Å². The van der Waals surface area contributed by atoms with Gasteiger partial charge in [-0.2, -0.15) is 0 Å². The van der Waals surface area contributed by atoms with Crippen molar-refractivity contribution in [2.24, 2.45) is 11.3 Å². The SMILES string of the molecule is O=C(C1CCCOC1)N1CCC2(CCNC2)C1. The van der Waals surface area contributed by atoms with E-state index in [0.29, 0.717) is 17.9 Å². The molecule has 2 unspecified atom stereocenters. The molecule has 0 aromatic rings. The van der Waals surface area contributed by atoms with Crippen LogP contribution in [0.4, 0.5) is 0 Å². The predicted molar refractivity (Wildman–Crippen MR) is 64.7 cm³/mol.